The number of piperidine rings is 1. The van der Waals surface area contributed by atoms with Crippen LogP contribution in [-0.4, -0.2) is 70.8 Å². The molecule has 2 aromatic carbocycles. The number of aliphatic carboxylic acids is 2. The van der Waals surface area contributed by atoms with Crippen molar-refractivity contribution in [2.45, 2.75) is 39.5 Å². The van der Waals surface area contributed by atoms with Gasteiger partial charge >= 0.3 is 11.9 Å². The third kappa shape index (κ3) is 9.42. The molecule has 1 aliphatic rings. The predicted octanol–water partition coefficient (Wildman–Crippen LogP) is 5.17. The second-order valence-electron chi connectivity index (χ2n) is 9.86. The van der Waals surface area contributed by atoms with Crippen LogP contribution in [0.15, 0.2) is 53.1 Å². The summed E-state index contributed by atoms with van der Waals surface area (Å²) in [7, 11) is 0. The van der Waals surface area contributed by atoms with Crippen molar-refractivity contribution in [2.75, 3.05) is 32.8 Å². The summed E-state index contributed by atoms with van der Waals surface area (Å²) in [5.74, 6) is -0.878. The number of hydrogen-bond donors (Lipinski definition) is 2. The SMILES string of the molecule is CCOc1cc(C(C)=O)ccc1OCC(C)CN1CCC(c2noc3cc(F)ccc23)CC1.O=C(O)/C=C/C(=O)O. The maximum absolute atomic E-state index is 13.4. The zero-order valence-corrected chi connectivity index (χ0v) is 23.3. The highest BCUT2D eigenvalue weighted by atomic mass is 19.1. The molecule has 1 atom stereocenters. The molecule has 11 heteroatoms. The van der Waals surface area contributed by atoms with Crippen LogP contribution in [0, 0.1) is 11.7 Å². The number of likely N-dealkylation sites (tertiary alicyclic amines) is 1. The number of aromatic nitrogens is 1. The van der Waals surface area contributed by atoms with E-state index < -0.39 is 11.9 Å². The van der Waals surface area contributed by atoms with Gasteiger partial charge in [-0.2, -0.15) is 0 Å². The van der Waals surface area contributed by atoms with E-state index in [2.05, 4.69) is 17.0 Å². The number of ether oxygens (including phenoxy) is 2. The Bertz CT molecular complexity index is 1360. The average Bonchev–Trinajstić information content (AvgIpc) is 3.35. The smallest absolute Gasteiger partial charge is 0.328 e. The third-order valence-corrected chi connectivity index (χ3v) is 6.55. The molecule has 4 rings (SSSR count). The molecule has 0 amide bonds. The molecule has 1 fully saturated rings. The number of carboxylic acid groups (broad SMARTS) is 2. The van der Waals surface area contributed by atoms with Gasteiger partial charge in [0.1, 0.15) is 5.82 Å². The number of carboxylic acids is 2. The van der Waals surface area contributed by atoms with Crippen molar-refractivity contribution >= 4 is 28.7 Å². The summed E-state index contributed by atoms with van der Waals surface area (Å²) >= 11 is 0. The van der Waals surface area contributed by atoms with Crippen molar-refractivity contribution in [3.63, 3.8) is 0 Å². The Morgan fingerprint density at radius 2 is 1.76 bits per heavy atom. The second kappa shape index (κ2) is 14.9. The summed E-state index contributed by atoms with van der Waals surface area (Å²) in [6, 6.07) is 9.96. The van der Waals surface area contributed by atoms with Gasteiger partial charge in [-0.25, -0.2) is 14.0 Å². The summed E-state index contributed by atoms with van der Waals surface area (Å²) in [6.07, 6.45) is 3.10. The Balaban J connectivity index is 0.000000507. The zero-order chi connectivity index (χ0) is 29.9. The number of hydrogen-bond acceptors (Lipinski definition) is 8. The Morgan fingerprint density at radius 1 is 1.07 bits per heavy atom. The van der Waals surface area contributed by atoms with Crippen molar-refractivity contribution < 1.29 is 43.0 Å². The van der Waals surface area contributed by atoms with E-state index in [1.54, 1.807) is 25.1 Å². The first kappa shape index (κ1) is 31.3. The summed E-state index contributed by atoms with van der Waals surface area (Å²) in [4.78, 5) is 33.2. The second-order valence-corrected chi connectivity index (χ2v) is 9.86. The van der Waals surface area contributed by atoms with Crippen molar-refractivity contribution in [3.05, 3.63) is 65.6 Å². The summed E-state index contributed by atoms with van der Waals surface area (Å²) in [6.45, 7) is 9.60. The number of halogens is 1. The van der Waals surface area contributed by atoms with Gasteiger partial charge in [-0.15, -0.1) is 0 Å². The number of benzene rings is 2. The minimum Gasteiger partial charge on any atom is -0.490 e. The predicted molar refractivity (Wildman–Crippen MR) is 149 cm³/mol. The molecule has 2 heterocycles. The molecule has 0 saturated carbocycles. The Kier molecular flexibility index (Phi) is 11.4. The quantitative estimate of drug-likeness (QED) is 0.234. The average molecular weight is 571 g/mol. The van der Waals surface area contributed by atoms with E-state index in [1.165, 1.54) is 12.1 Å². The number of ketones is 1. The largest absolute Gasteiger partial charge is 0.490 e. The molecular formula is C30H35FN2O8. The maximum Gasteiger partial charge on any atom is 0.328 e. The molecular weight excluding hydrogens is 535 g/mol. The van der Waals surface area contributed by atoms with Gasteiger partial charge < -0.3 is 29.1 Å². The van der Waals surface area contributed by atoms with Crippen LogP contribution in [0.2, 0.25) is 0 Å². The van der Waals surface area contributed by atoms with Crippen LogP contribution >= 0.6 is 0 Å². The molecule has 41 heavy (non-hydrogen) atoms. The van der Waals surface area contributed by atoms with Gasteiger partial charge in [-0.3, -0.25) is 4.79 Å². The first-order valence-electron chi connectivity index (χ1n) is 13.4. The van der Waals surface area contributed by atoms with E-state index in [1.807, 2.05) is 13.0 Å². The number of nitrogens with zero attached hydrogens (tertiary/aromatic N) is 2. The summed E-state index contributed by atoms with van der Waals surface area (Å²) in [5, 5.41) is 20.8. The molecule has 1 saturated heterocycles. The van der Waals surface area contributed by atoms with Crippen LogP contribution in [0.3, 0.4) is 0 Å². The number of fused-ring (bicyclic) bond motifs is 1. The standard InChI is InChI=1S/C26H31FN2O4.C4H4O4/c1-4-31-25-13-20(18(3)30)5-8-23(25)32-16-17(2)15-29-11-9-19(10-12-29)26-22-7-6-21(27)14-24(22)33-28-26;5-3(6)1-2-4(7)8/h5-8,13-14,17,19H,4,9-12,15-16H2,1-3H3;1-2H,(H,5,6)(H,7,8)/b;2-1+. The van der Waals surface area contributed by atoms with Crippen molar-refractivity contribution in [1.29, 1.82) is 0 Å². The van der Waals surface area contributed by atoms with E-state index in [0.717, 1.165) is 43.6 Å². The molecule has 2 N–H and O–H groups in total. The maximum atomic E-state index is 13.4. The van der Waals surface area contributed by atoms with Crippen LogP contribution in [0.25, 0.3) is 11.0 Å². The lowest BCUT2D eigenvalue weighted by molar-refractivity contribution is -0.134. The normalized spacial score (nSPS) is 14.8. The number of carbonyl (C=O) groups excluding carboxylic acids is 1. The van der Waals surface area contributed by atoms with Gasteiger partial charge in [0.2, 0.25) is 0 Å². The van der Waals surface area contributed by atoms with E-state index in [0.29, 0.717) is 59.8 Å². The summed E-state index contributed by atoms with van der Waals surface area (Å²) < 4.78 is 30.5. The summed E-state index contributed by atoms with van der Waals surface area (Å²) in [5.41, 5.74) is 2.08. The lowest BCUT2D eigenvalue weighted by Gasteiger charge is -2.32. The number of rotatable bonds is 11. The van der Waals surface area contributed by atoms with Crippen LogP contribution in [-0.2, 0) is 9.59 Å². The monoisotopic (exact) mass is 570 g/mol. The van der Waals surface area contributed by atoms with Gasteiger partial charge in [0.05, 0.1) is 18.9 Å². The highest BCUT2D eigenvalue weighted by molar-refractivity contribution is 5.94. The zero-order valence-electron chi connectivity index (χ0n) is 23.3. The van der Waals surface area contributed by atoms with Gasteiger partial charge in [0.15, 0.2) is 22.9 Å². The molecule has 1 unspecified atom stereocenters. The van der Waals surface area contributed by atoms with Crippen LogP contribution < -0.4 is 9.47 Å². The Hall–Kier alpha value is -4.25. The molecule has 1 aromatic heterocycles. The highest BCUT2D eigenvalue weighted by Gasteiger charge is 2.26. The van der Waals surface area contributed by atoms with Gasteiger partial charge in [0.25, 0.3) is 0 Å². The minimum absolute atomic E-state index is 0.00468. The Labute approximate surface area is 237 Å². The lowest BCUT2D eigenvalue weighted by atomic mass is 9.91. The van der Waals surface area contributed by atoms with Crippen LogP contribution in [0.4, 0.5) is 4.39 Å². The molecule has 3 aromatic rings. The fourth-order valence-electron chi connectivity index (χ4n) is 4.60. The molecule has 0 radical (unpaired) electrons. The van der Waals surface area contributed by atoms with E-state index in [9.17, 15) is 18.8 Å². The fraction of sp³-hybridized carbons (Fsp3) is 0.400. The molecule has 0 spiro atoms. The van der Waals surface area contributed by atoms with Crippen LogP contribution in [0.1, 0.15) is 55.6 Å². The van der Waals surface area contributed by atoms with Crippen LogP contribution in [0.5, 0.6) is 11.5 Å². The van der Waals surface area contributed by atoms with Crippen molar-refractivity contribution in [3.8, 4) is 11.5 Å². The Morgan fingerprint density at radius 3 is 2.37 bits per heavy atom. The third-order valence-electron chi connectivity index (χ3n) is 6.55. The molecule has 1 aliphatic heterocycles. The molecule has 10 nitrogen and oxygen atoms in total. The van der Waals surface area contributed by atoms with Crippen molar-refractivity contribution in [1.82, 2.24) is 10.1 Å². The topological polar surface area (TPSA) is 139 Å². The fourth-order valence-corrected chi connectivity index (χ4v) is 4.60. The highest BCUT2D eigenvalue weighted by Crippen LogP contribution is 2.33. The first-order valence-corrected chi connectivity index (χ1v) is 13.4. The number of carbonyl (C=O) groups is 3. The molecule has 220 valence electrons. The molecule has 0 aliphatic carbocycles. The minimum atomic E-state index is -1.26. The van der Waals surface area contributed by atoms with Gasteiger partial charge in [-0.1, -0.05) is 12.1 Å². The van der Waals surface area contributed by atoms with Gasteiger partial charge in [0, 0.05) is 47.5 Å². The van der Waals surface area contributed by atoms with Gasteiger partial charge in [-0.05, 0) is 70.1 Å². The van der Waals surface area contributed by atoms with E-state index >= 15 is 0 Å². The van der Waals surface area contributed by atoms with E-state index in [4.69, 9.17) is 24.2 Å². The van der Waals surface area contributed by atoms with E-state index in [-0.39, 0.29) is 11.6 Å². The van der Waals surface area contributed by atoms with Crippen molar-refractivity contribution in [2.24, 2.45) is 5.92 Å². The lowest BCUT2D eigenvalue weighted by Crippen LogP contribution is -2.37. The molecule has 0 bridgehead atoms. The first-order chi connectivity index (χ1) is 19.6. The number of Topliss-reactive ketones (excluding diaryl/α,β-unsaturated/α-hetero) is 1.